The lowest BCUT2D eigenvalue weighted by Crippen LogP contribution is -2.54. The molecule has 4 aliphatic carbocycles. The Labute approximate surface area is 112 Å². The van der Waals surface area contributed by atoms with Gasteiger partial charge in [0.25, 0.3) is 0 Å². The summed E-state index contributed by atoms with van der Waals surface area (Å²) < 4.78 is 1.99. The average Bonchev–Trinajstić information content (AvgIpc) is 2.70. The molecule has 4 aliphatic rings. The highest BCUT2D eigenvalue weighted by molar-refractivity contribution is 5.08. The van der Waals surface area contributed by atoms with Gasteiger partial charge in [-0.2, -0.15) is 5.10 Å². The molecule has 1 aromatic rings. The second-order valence-corrected chi connectivity index (χ2v) is 6.96. The van der Waals surface area contributed by atoms with Crippen LogP contribution in [0.3, 0.4) is 0 Å². The molecule has 0 aromatic carbocycles. The van der Waals surface area contributed by atoms with Crippen molar-refractivity contribution in [3.05, 3.63) is 16.3 Å². The molecule has 104 valence electrons. The SMILES string of the molecule is NCCc1n[nH]c(=O)n1C12CC3CC(CC(C3)C1)C2. The van der Waals surface area contributed by atoms with E-state index in [4.69, 9.17) is 5.73 Å². The summed E-state index contributed by atoms with van der Waals surface area (Å²) >= 11 is 0. The maximum atomic E-state index is 12.2. The summed E-state index contributed by atoms with van der Waals surface area (Å²) in [5, 5.41) is 6.86. The van der Waals surface area contributed by atoms with E-state index in [1.807, 2.05) is 4.57 Å². The van der Waals surface area contributed by atoms with Crippen LogP contribution in [-0.2, 0) is 12.0 Å². The van der Waals surface area contributed by atoms with Crippen molar-refractivity contribution in [1.82, 2.24) is 14.8 Å². The summed E-state index contributed by atoms with van der Waals surface area (Å²) in [5.41, 5.74) is 5.70. The molecular weight excluding hydrogens is 240 g/mol. The summed E-state index contributed by atoms with van der Waals surface area (Å²) in [5.74, 6) is 3.37. The number of hydrogen-bond acceptors (Lipinski definition) is 3. The lowest BCUT2D eigenvalue weighted by molar-refractivity contribution is -0.0460. The molecule has 0 atom stereocenters. The minimum atomic E-state index is -0.0228. The van der Waals surface area contributed by atoms with Crippen LogP contribution >= 0.6 is 0 Å². The van der Waals surface area contributed by atoms with Gasteiger partial charge in [0.1, 0.15) is 5.82 Å². The van der Waals surface area contributed by atoms with E-state index in [9.17, 15) is 4.79 Å². The van der Waals surface area contributed by atoms with Crippen LogP contribution in [0.15, 0.2) is 4.79 Å². The number of aromatic amines is 1. The molecule has 0 saturated heterocycles. The molecule has 5 heteroatoms. The van der Waals surface area contributed by atoms with Crippen molar-refractivity contribution in [1.29, 1.82) is 0 Å². The molecule has 5 nitrogen and oxygen atoms in total. The summed E-state index contributed by atoms with van der Waals surface area (Å²) in [6, 6.07) is 0. The standard InChI is InChI=1S/C14H22N4O/c15-2-1-12-16-17-13(19)18(12)14-6-9-3-10(7-14)5-11(4-9)8-14/h9-11H,1-8,15H2,(H,17,19). The monoisotopic (exact) mass is 262 g/mol. The molecule has 3 N–H and O–H groups in total. The molecular formula is C14H22N4O. The number of aromatic nitrogens is 3. The first-order chi connectivity index (χ1) is 9.20. The van der Waals surface area contributed by atoms with Crippen LogP contribution in [0.1, 0.15) is 44.3 Å². The van der Waals surface area contributed by atoms with Gasteiger partial charge in [-0.05, 0) is 62.8 Å². The quantitative estimate of drug-likeness (QED) is 0.853. The first-order valence-corrected chi connectivity index (χ1v) is 7.57. The third-order valence-electron chi connectivity index (χ3n) is 5.59. The molecule has 0 amide bonds. The van der Waals surface area contributed by atoms with Crippen molar-refractivity contribution < 1.29 is 0 Å². The number of nitrogens with one attached hydrogen (secondary N) is 1. The van der Waals surface area contributed by atoms with Gasteiger partial charge in [-0.3, -0.25) is 4.57 Å². The number of hydrogen-bond donors (Lipinski definition) is 2. The molecule has 0 spiro atoms. The Morgan fingerprint density at radius 2 is 1.79 bits per heavy atom. The topological polar surface area (TPSA) is 76.7 Å². The van der Waals surface area contributed by atoms with Crippen molar-refractivity contribution in [3.8, 4) is 0 Å². The molecule has 4 fully saturated rings. The highest BCUT2D eigenvalue weighted by Gasteiger charge is 2.53. The lowest BCUT2D eigenvalue weighted by Gasteiger charge is -2.57. The number of H-pyrrole nitrogens is 1. The Kier molecular flexibility index (Phi) is 2.43. The van der Waals surface area contributed by atoms with Crippen molar-refractivity contribution >= 4 is 0 Å². The first kappa shape index (κ1) is 11.7. The molecule has 0 radical (unpaired) electrons. The third kappa shape index (κ3) is 1.64. The van der Waals surface area contributed by atoms with Crippen LogP contribution in [0.4, 0.5) is 0 Å². The van der Waals surface area contributed by atoms with Crippen molar-refractivity contribution in [3.63, 3.8) is 0 Å². The number of nitrogens with zero attached hydrogens (tertiary/aromatic N) is 2. The highest BCUT2D eigenvalue weighted by atomic mass is 16.1. The summed E-state index contributed by atoms with van der Waals surface area (Å²) in [6.07, 6.45) is 8.39. The number of nitrogens with two attached hydrogens (primary N) is 1. The zero-order valence-electron chi connectivity index (χ0n) is 11.3. The minimum Gasteiger partial charge on any atom is -0.330 e. The van der Waals surface area contributed by atoms with Gasteiger partial charge in [0.2, 0.25) is 0 Å². The van der Waals surface area contributed by atoms with Gasteiger partial charge in [0, 0.05) is 6.42 Å². The van der Waals surface area contributed by atoms with Crippen molar-refractivity contribution in [2.24, 2.45) is 23.5 Å². The maximum absolute atomic E-state index is 12.2. The predicted molar refractivity (Wildman–Crippen MR) is 71.8 cm³/mol. The van der Waals surface area contributed by atoms with Crippen LogP contribution in [0.2, 0.25) is 0 Å². The molecule has 1 heterocycles. The first-order valence-electron chi connectivity index (χ1n) is 7.57. The highest BCUT2D eigenvalue weighted by Crippen LogP contribution is 2.58. The van der Waals surface area contributed by atoms with Crippen LogP contribution in [-0.4, -0.2) is 21.3 Å². The molecule has 5 rings (SSSR count). The van der Waals surface area contributed by atoms with E-state index in [-0.39, 0.29) is 11.2 Å². The van der Waals surface area contributed by atoms with Crippen LogP contribution in [0, 0.1) is 17.8 Å². The Hall–Kier alpha value is -1.10. The molecule has 0 aliphatic heterocycles. The summed E-state index contributed by atoms with van der Waals surface area (Å²) in [6.45, 7) is 0.552. The normalized spacial score (nSPS) is 39.9. The Balaban J connectivity index is 1.79. The fourth-order valence-electron chi connectivity index (χ4n) is 5.45. The Morgan fingerprint density at radius 3 is 2.32 bits per heavy atom. The van der Waals surface area contributed by atoms with Crippen molar-refractivity contribution in [2.75, 3.05) is 6.54 Å². The summed E-state index contributed by atoms with van der Waals surface area (Å²) in [4.78, 5) is 12.2. The number of rotatable bonds is 3. The predicted octanol–water partition coefficient (Wildman–Crippen LogP) is 0.998. The maximum Gasteiger partial charge on any atom is 0.343 e. The van der Waals surface area contributed by atoms with Gasteiger partial charge >= 0.3 is 5.69 Å². The van der Waals surface area contributed by atoms with Gasteiger partial charge in [-0.1, -0.05) is 0 Å². The largest absolute Gasteiger partial charge is 0.343 e. The van der Waals surface area contributed by atoms with Gasteiger partial charge in [0.15, 0.2) is 0 Å². The van der Waals surface area contributed by atoms with E-state index in [1.165, 1.54) is 38.5 Å². The average molecular weight is 262 g/mol. The zero-order valence-corrected chi connectivity index (χ0v) is 11.3. The van der Waals surface area contributed by atoms with E-state index in [2.05, 4.69) is 10.2 Å². The summed E-state index contributed by atoms with van der Waals surface area (Å²) in [7, 11) is 0. The van der Waals surface area contributed by atoms with E-state index >= 15 is 0 Å². The van der Waals surface area contributed by atoms with E-state index in [0.29, 0.717) is 13.0 Å². The second kappa shape index (κ2) is 3.95. The molecule has 1 aromatic heterocycles. The molecule has 4 bridgehead atoms. The second-order valence-electron chi connectivity index (χ2n) is 6.96. The lowest BCUT2D eigenvalue weighted by atomic mass is 9.53. The molecule has 4 saturated carbocycles. The fraction of sp³-hybridized carbons (Fsp3) is 0.857. The Bertz CT molecular complexity index is 509. The molecule has 0 unspecified atom stereocenters. The van der Waals surface area contributed by atoms with E-state index < -0.39 is 0 Å². The zero-order chi connectivity index (χ0) is 13.0. The van der Waals surface area contributed by atoms with Crippen LogP contribution in [0.5, 0.6) is 0 Å². The minimum absolute atomic E-state index is 0.0228. The van der Waals surface area contributed by atoms with Gasteiger partial charge in [-0.25, -0.2) is 9.89 Å². The van der Waals surface area contributed by atoms with E-state index in [0.717, 1.165) is 23.6 Å². The van der Waals surface area contributed by atoms with Crippen LogP contribution in [0.25, 0.3) is 0 Å². The van der Waals surface area contributed by atoms with E-state index in [1.54, 1.807) is 0 Å². The molecule has 19 heavy (non-hydrogen) atoms. The van der Waals surface area contributed by atoms with Crippen LogP contribution < -0.4 is 11.4 Å². The smallest absolute Gasteiger partial charge is 0.330 e. The third-order valence-corrected chi connectivity index (χ3v) is 5.59. The van der Waals surface area contributed by atoms with Gasteiger partial charge < -0.3 is 5.73 Å². The van der Waals surface area contributed by atoms with Gasteiger partial charge in [-0.15, -0.1) is 0 Å². The van der Waals surface area contributed by atoms with Crippen molar-refractivity contribution in [2.45, 2.75) is 50.5 Å². The van der Waals surface area contributed by atoms with Gasteiger partial charge in [0.05, 0.1) is 5.54 Å². The Morgan fingerprint density at radius 1 is 1.21 bits per heavy atom. The fourth-order valence-corrected chi connectivity index (χ4v) is 5.45.